The number of carboxylic acids is 1. The van der Waals surface area contributed by atoms with Crippen LogP contribution in [-0.4, -0.2) is 22.9 Å². The molecular formula is C11H5F2NO4. The van der Waals surface area contributed by atoms with Crippen molar-refractivity contribution in [1.82, 2.24) is 0 Å². The Hall–Kier alpha value is -2.57. The van der Waals surface area contributed by atoms with Crippen LogP contribution in [-0.2, 0) is 9.59 Å². The fourth-order valence-electron chi connectivity index (χ4n) is 1.53. The molecule has 0 aliphatic carbocycles. The Morgan fingerprint density at radius 1 is 1.06 bits per heavy atom. The van der Waals surface area contributed by atoms with Crippen LogP contribution >= 0.6 is 0 Å². The SMILES string of the molecule is O=C(O)c1cc(F)c(F)cc1N1C(=O)C=CC1=O. The van der Waals surface area contributed by atoms with Crippen LogP contribution in [0.25, 0.3) is 0 Å². The third-order valence-electron chi connectivity index (χ3n) is 2.32. The van der Waals surface area contributed by atoms with E-state index in [-0.39, 0.29) is 0 Å². The highest BCUT2D eigenvalue weighted by molar-refractivity contribution is 6.29. The van der Waals surface area contributed by atoms with Crippen molar-refractivity contribution in [3.05, 3.63) is 41.5 Å². The molecule has 0 bridgehead atoms. The molecule has 1 N–H and O–H groups in total. The number of imide groups is 1. The third kappa shape index (κ3) is 1.75. The third-order valence-corrected chi connectivity index (χ3v) is 2.32. The number of carbonyl (C=O) groups excluding carboxylic acids is 2. The summed E-state index contributed by atoms with van der Waals surface area (Å²) in [6, 6.07) is 0.924. The molecule has 92 valence electrons. The first kappa shape index (κ1) is 11.9. The maximum absolute atomic E-state index is 13.1. The molecule has 0 atom stereocenters. The number of halogens is 2. The van der Waals surface area contributed by atoms with E-state index >= 15 is 0 Å². The molecule has 2 rings (SSSR count). The molecule has 1 aromatic carbocycles. The summed E-state index contributed by atoms with van der Waals surface area (Å²) < 4.78 is 26.1. The maximum atomic E-state index is 13.1. The number of carbonyl (C=O) groups is 3. The van der Waals surface area contributed by atoms with E-state index in [0.717, 1.165) is 12.2 Å². The number of nitrogens with zero attached hydrogens (tertiary/aromatic N) is 1. The minimum Gasteiger partial charge on any atom is -0.478 e. The molecule has 0 spiro atoms. The summed E-state index contributed by atoms with van der Waals surface area (Å²) in [7, 11) is 0. The van der Waals surface area contributed by atoms with Crippen LogP contribution in [0.5, 0.6) is 0 Å². The second kappa shape index (κ2) is 4.02. The van der Waals surface area contributed by atoms with Crippen LogP contribution in [0.3, 0.4) is 0 Å². The largest absolute Gasteiger partial charge is 0.478 e. The van der Waals surface area contributed by atoms with Crippen LogP contribution in [0.15, 0.2) is 24.3 Å². The van der Waals surface area contributed by atoms with Gasteiger partial charge in [0.1, 0.15) is 0 Å². The van der Waals surface area contributed by atoms with Crippen LogP contribution in [0.1, 0.15) is 10.4 Å². The number of rotatable bonds is 2. The molecule has 0 saturated carbocycles. The van der Waals surface area contributed by atoms with Crippen molar-refractivity contribution >= 4 is 23.5 Å². The molecule has 1 heterocycles. The van der Waals surface area contributed by atoms with E-state index in [4.69, 9.17) is 5.11 Å². The van der Waals surface area contributed by atoms with Crippen LogP contribution in [0.4, 0.5) is 14.5 Å². The van der Waals surface area contributed by atoms with E-state index < -0.39 is 40.7 Å². The Bertz CT molecular complexity index is 591. The molecule has 0 saturated heterocycles. The number of hydrogen-bond donors (Lipinski definition) is 1. The Kier molecular flexibility index (Phi) is 2.66. The quantitative estimate of drug-likeness (QED) is 0.800. The summed E-state index contributed by atoms with van der Waals surface area (Å²) in [5.41, 5.74) is -1.17. The minimum absolute atomic E-state index is 0.423. The van der Waals surface area contributed by atoms with E-state index in [2.05, 4.69) is 0 Å². The fraction of sp³-hybridized carbons (Fsp3) is 0. The molecule has 1 aliphatic rings. The van der Waals surface area contributed by atoms with Crippen LogP contribution < -0.4 is 4.90 Å². The van der Waals surface area contributed by atoms with Crippen molar-refractivity contribution in [1.29, 1.82) is 0 Å². The predicted molar refractivity (Wildman–Crippen MR) is 55.0 cm³/mol. The van der Waals surface area contributed by atoms with Gasteiger partial charge >= 0.3 is 5.97 Å². The van der Waals surface area contributed by atoms with Gasteiger partial charge in [0.25, 0.3) is 11.8 Å². The lowest BCUT2D eigenvalue weighted by atomic mass is 10.1. The first-order valence-electron chi connectivity index (χ1n) is 4.70. The first-order valence-corrected chi connectivity index (χ1v) is 4.70. The second-order valence-corrected chi connectivity index (χ2v) is 3.43. The highest BCUT2D eigenvalue weighted by atomic mass is 19.2. The summed E-state index contributed by atoms with van der Waals surface area (Å²) in [6.45, 7) is 0. The summed E-state index contributed by atoms with van der Waals surface area (Å²) in [5, 5.41) is 8.86. The van der Waals surface area contributed by atoms with E-state index in [1.165, 1.54) is 0 Å². The molecule has 1 aliphatic heterocycles. The lowest BCUT2D eigenvalue weighted by molar-refractivity contribution is -0.119. The zero-order valence-corrected chi connectivity index (χ0v) is 8.68. The summed E-state index contributed by atoms with van der Waals surface area (Å²) in [4.78, 5) is 34.1. The molecule has 7 heteroatoms. The van der Waals surface area contributed by atoms with Gasteiger partial charge in [0.2, 0.25) is 0 Å². The Morgan fingerprint density at radius 3 is 2.06 bits per heavy atom. The minimum atomic E-state index is -1.57. The van der Waals surface area contributed by atoms with E-state index in [1.54, 1.807) is 0 Å². The molecular weight excluding hydrogens is 248 g/mol. The van der Waals surface area contributed by atoms with Crippen LogP contribution in [0, 0.1) is 11.6 Å². The second-order valence-electron chi connectivity index (χ2n) is 3.43. The van der Waals surface area contributed by atoms with Gasteiger partial charge in [0.15, 0.2) is 11.6 Å². The highest BCUT2D eigenvalue weighted by Crippen LogP contribution is 2.26. The van der Waals surface area contributed by atoms with Gasteiger partial charge < -0.3 is 5.11 Å². The monoisotopic (exact) mass is 253 g/mol. The summed E-state index contributed by atoms with van der Waals surface area (Å²) >= 11 is 0. The summed E-state index contributed by atoms with van der Waals surface area (Å²) in [5.74, 6) is -5.91. The standard InChI is InChI=1S/C11H5F2NO4/c12-6-3-5(11(17)18)8(4-7(6)13)14-9(15)1-2-10(14)16/h1-4H,(H,17,18). The summed E-state index contributed by atoms with van der Waals surface area (Å²) in [6.07, 6.45) is 1.82. The van der Waals surface area contributed by atoms with E-state index in [1.807, 2.05) is 0 Å². The van der Waals surface area contributed by atoms with E-state index in [9.17, 15) is 23.2 Å². The topological polar surface area (TPSA) is 74.7 Å². The number of amides is 2. The lowest BCUT2D eigenvalue weighted by Gasteiger charge is -2.16. The number of aromatic carboxylic acids is 1. The Morgan fingerprint density at radius 2 is 1.56 bits per heavy atom. The number of benzene rings is 1. The van der Waals surface area contributed by atoms with Crippen molar-refractivity contribution in [2.45, 2.75) is 0 Å². The van der Waals surface area contributed by atoms with Gasteiger partial charge in [-0.25, -0.2) is 18.5 Å². The number of carboxylic acid groups (broad SMARTS) is 1. The smallest absolute Gasteiger partial charge is 0.337 e. The molecule has 5 nitrogen and oxygen atoms in total. The van der Waals surface area contributed by atoms with Gasteiger partial charge in [0.05, 0.1) is 11.3 Å². The number of hydrogen-bond acceptors (Lipinski definition) is 3. The van der Waals surface area contributed by atoms with Gasteiger partial charge in [0, 0.05) is 18.2 Å². The Labute approximate surface area is 98.9 Å². The van der Waals surface area contributed by atoms with Gasteiger partial charge in [-0.2, -0.15) is 0 Å². The van der Waals surface area contributed by atoms with Crippen molar-refractivity contribution in [3.8, 4) is 0 Å². The Balaban J connectivity index is 2.63. The number of anilines is 1. The first-order chi connectivity index (χ1) is 8.41. The zero-order chi connectivity index (χ0) is 13.4. The van der Waals surface area contributed by atoms with Crippen molar-refractivity contribution in [2.24, 2.45) is 0 Å². The van der Waals surface area contributed by atoms with Crippen molar-refractivity contribution in [3.63, 3.8) is 0 Å². The molecule has 0 unspecified atom stereocenters. The zero-order valence-electron chi connectivity index (χ0n) is 8.68. The van der Waals surface area contributed by atoms with E-state index in [0.29, 0.717) is 17.0 Å². The molecule has 0 radical (unpaired) electrons. The normalized spacial score (nSPS) is 14.4. The average molecular weight is 253 g/mol. The van der Waals surface area contributed by atoms with Gasteiger partial charge in [-0.1, -0.05) is 0 Å². The van der Waals surface area contributed by atoms with Gasteiger partial charge in [-0.15, -0.1) is 0 Å². The average Bonchev–Trinajstić information content (AvgIpc) is 2.62. The van der Waals surface area contributed by atoms with Crippen LogP contribution in [0.2, 0.25) is 0 Å². The van der Waals surface area contributed by atoms with Gasteiger partial charge in [-0.3, -0.25) is 9.59 Å². The van der Waals surface area contributed by atoms with Crippen molar-refractivity contribution < 1.29 is 28.3 Å². The van der Waals surface area contributed by atoms with Crippen molar-refractivity contribution in [2.75, 3.05) is 4.90 Å². The van der Waals surface area contributed by atoms with Gasteiger partial charge in [-0.05, 0) is 6.07 Å². The predicted octanol–water partition coefficient (Wildman–Crippen LogP) is 1.09. The molecule has 2 amide bonds. The highest BCUT2D eigenvalue weighted by Gasteiger charge is 2.30. The molecule has 18 heavy (non-hydrogen) atoms. The fourth-order valence-corrected chi connectivity index (χ4v) is 1.53. The molecule has 0 fully saturated rings. The molecule has 1 aromatic rings. The maximum Gasteiger partial charge on any atom is 0.337 e. The molecule has 0 aromatic heterocycles. The lowest BCUT2D eigenvalue weighted by Crippen LogP contribution is -2.31.